The molecule has 0 fully saturated rings. The van der Waals surface area contributed by atoms with Crippen LogP contribution in [0.3, 0.4) is 0 Å². The van der Waals surface area contributed by atoms with Crippen LogP contribution < -0.4 is 31.9 Å². The van der Waals surface area contributed by atoms with Crippen molar-refractivity contribution in [3.05, 3.63) is 108 Å². The zero-order chi connectivity index (χ0) is 67.7. The minimum Gasteiger partial charge on any atom is -0.505 e. The van der Waals surface area contributed by atoms with E-state index in [1.54, 1.807) is 0 Å². The lowest BCUT2D eigenvalue weighted by atomic mass is 10.1. The molecule has 0 radical (unpaired) electrons. The predicted octanol–water partition coefficient (Wildman–Crippen LogP) is 6.64. The van der Waals surface area contributed by atoms with Gasteiger partial charge in [-0.3, -0.25) is 9.11 Å². The molecule has 2 aromatic heterocycles. The molecule has 40 heteroatoms. The van der Waals surface area contributed by atoms with Crippen LogP contribution in [0.1, 0.15) is 20.7 Å². The van der Waals surface area contributed by atoms with Crippen LogP contribution in [0.5, 0.6) is 11.5 Å². The number of anilines is 8. The van der Waals surface area contributed by atoms with Crippen LogP contribution in [0.2, 0.25) is 0 Å². The molecule has 2 heterocycles. The van der Waals surface area contributed by atoms with Crippen LogP contribution >= 0.6 is 21.6 Å². The number of phenolic OH excluding ortho intramolecular Hbond substituents is 2. The maximum atomic E-state index is 12.8. The number of aromatic carboxylic acids is 2. The highest BCUT2D eigenvalue weighted by molar-refractivity contribution is 8.76. The molecular formula is C54H54N16O20S4. The highest BCUT2D eigenvalue weighted by atomic mass is 33.1. The molecule has 36 nitrogen and oxygen atoms in total. The Kier molecular flexibility index (Phi) is 23.6. The second kappa shape index (κ2) is 31.8. The molecule has 0 saturated carbocycles. The van der Waals surface area contributed by atoms with Gasteiger partial charge in [-0.2, -0.15) is 46.7 Å². The van der Waals surface area contributed by atoms with Gasteiger partial charge in [-0.05, 0) is 65.4 Å². The van der Waals surface area contributed by atoms with Gasteiger partial charge in [-0.25, -0.2) is 19.2 Å². The second-order valence-electron chi connectivity index (χ2n) is 19.0. The van der Waals surface area contributed by atoms with E-state index in [0.717, 1.165) is 39.8 Å². The highest BCUT2D eigenvalue weighted by Crippen LogP contribution is 2.46. The Morgan fingerprint density at radius 2 is 0.968 bits per heavy atom. The first-order chi connectivity index (χ1) is 44.9. The molecule has 0 aliphatic heterocycles. The maximum absolute atomic E-state index is 12.8. The van der Waals surface area contributed by atoms with Crippen molar-refractivity contribution in [3.63, 3.8) is 0 Å². The predicted molar refractivity (Wildman–Crippen MR) is 340 cm³/mol. The van der Waals surface area contributed by atoms with Crippen molar-refractivity contribution in [1.29, 1.82) is 0 Å². The highest BCUT2D eigenvalue weighted by Gasteiger charge is 2.27. The fourth-order valence-corrected chi connectivity index (χ4v) is 11.8. The number of phenols is 2. The van der Waals surface area contributed by atoms with Gasteiger partial charge in [0.25, 0.3) is 20.2 Å². The van der Waals surface area contributed by atoms with Crippen molar-refractivity contribution < 1.29 is 95.4 Å². The topological polar surface area (TPSA) is 556 Å². The number of carboxylic acid groups (broad SMARTS) is 4. The number of hydrogen-bond donors (Lipinski definition) is 16. The standard InChI is InChI=1S/C54H54N16O20S4/c71-16-20-89-18-14-55-49-61-51(57-34-11-5-6-27-23-39(94(86,87)88)42(44(74)40(27)34)70-68-33-10-4-2-8-31(33)46(77)78)65-53(63-49)59-37(47(79)80)25-91-92-26-38(48(81)82)60-54-64-50(56-15-19-90-21-17-72)62-52(66-54)58-36-24-29(93(83,84)85)22-28-12-13-35(43(73)41(28)36)69-67-32-9-3-1-7-30(32)45(75)76/h1-13,22-24,37-38,71-74H,14-21,25-26H2,(H,75,76)(H,77,78)(H,79,80)(H,81,82)(H,83,84,85)(H,86,87,88)(H3,55,57,59,61,63,65)(H3,56,58,60,62,64,66)/b69-67+,70-68+. The molecule has 16 N–H and O–H groups in total. The van der Waals surface area contributed by atoms with Gasteiger partial charge in [0.2, 0.25) is 35.7 Å². The summed E-state index contributed by atoms with van der Waals surface area (Å²) in [7, 11) is -8.26. The molecule has 0 amide bonds. The van der Waals surface area contributed by atoms with Gasteiger partial charge in [0.1, 0.15) is 39.7 Å². The van der Waals surface area contributed by atoms with E-state index in [4.69, 9.17) is 9.47 Å². The lowest BCUT2D eigenvalue weighted by molar-refractivity contribution is -0.138. The number of hydrogen-bond acceptors (Lipinski definition) is 32. The van der Waals surface area contributed by atoms with Crippen molar-refractivity contribution in [3.8, 4) is 11.5 Å². The number of aliphatic hydroxyl groups excluding tert-OH is 2. The molecule has 2 atom stereocenters. The monoisotopic (exact) mass is 1370 g/mol. The average Bonchev–Trinajstić information content (AvgIpc) is 0.768. The van der Waals surface area contributed by atoms with Crippen molar-refractivity contribution in [2.75, 3.05) is 96.1 Å². The number of rotatable bonds is 35. The Bertz CT molecular complexity index is 4450. The molecule has 0 saturated heterocycles. The van der Waals surface area contributed by atoms with Crippen LogP contribution in [0, 0.1) is 0 Å². The third-order valence-corrected chi connectivity index (χ3v) is 16.7. The average molecular weight is 1380 g/mol. The quantitative estimate of drug-likeness (QED) is 0.00856. The van der Waals surface area contributed by atoms with Gasteiger partial charge in [-0.1, -0.05) is 64.1 Å². The summed E-state index contributed by atoms with van der Waals surface area (Å²) in [6.07, 6.45) is 0. The number of carbonyl (C=O) groups is 4. The van der Waals surface area contributed by atoms with E-state index in [2.05, 4.69) is 82.3 Å². The number of aromatic hydroxyl groups is 2. The van der Waals surface area contributed by atoms with Gasteiger partial charge >= 0.3 is 23.9 Å². The van der Waals surface area contributed by atoms with Crippen molar-refractivity contribution >= 4 is 157 Å². The lowest BCUT2D eigenvalue weighted by Gasteiger charge is -2.18. The van der Waals surface area contributed by atoms with Crippen LogP contribution in [0.25, 0.3) is 21.5 Å². The Hall–Kier alpha value is -10.3. The molecule has 6 aromatic carbocycles. The third-order valence-electron chi connectivity index (χ3n) is 12.5. The smallest absolute Gasteiger partial charge is 0.337 e. The Labute approximate surface area is 538 Å². The summed E-state index contributed by atoms with van der Waals surface area (Å²) < 4.78 is 81.4. The molecule has 0 spiro atoms. The summed E-state index contributed by atoms with van der Waals surface area (Å²) in [5.41, 5.74) is -2.10. The number of nitrogens with one attached hydrogen (secondary N) is 6. The van der Waals surface area contributed by atoms with Crippen LogP contribution in [-0.2, 0) is 39.3 Å². The SMILES string of the molecule is O=C(O)c1ccccc1/N=N/c1ccc2cc(S(=O)(=O)O)cc(Nc3nc(NCCOCCO)nc(NC(CSSCC(Nc4nc(NCCOCCO)nc(Nc5cccc6cc(S(=O)(=O)O)c(/N=N/c7ccccc7C(=O)O)c(O)c56)n4)C(=O)O)C(=O)O)n3)c2c1O. The molecule has 0 aliphatic rings. The third kappa shape index (κ3) is 18.5. The second-order valence-corrected chi connectivity index (χ2v) is 24.4. The minimum absolute atomic E-state index is 0.00722. The lowest BCUT2D eigenvalue weighted by Crippen LogP contribution is -2.34. The van der Waals surface area contributed by atoms with Crippen LogP contribution in [-0.4, -0.2) is 197 Å². The normalized spacial score (nSPS) is 12.4. The minimum atomic E-state index is -5.12. The maximum Gasteiger partial charge on any atom is 0.337 e. The Morgan fingerprint density at radius 3 is 1.47 bits per heavy atom. The summed E-state index contributed by atoms with van der Waals surface area (Å²) in [4.78, 5) is 73.7. The van der Waals surface area contributed by atoms with Gasteiger partial charge in [0.05, 0.1) is 67.0 Å². The van der Waals surface area contributed by atoms with E-state index < -0.39 is 95.1 Å². The number of fused-ring (bicyclic) bond motifs is 2. The van der Waals surface area contributed by atoms with Crippen molar-refractivity contribution in [1.82, 2.24) is 29.9 Å². The largest absolute Gasteiger partial charge is 0.505 e. The fraction of sp³-hybridized carbons (Fsp3) is 0.222. The fourth-order valence-electron chi connectivity index (χ4n) is 8.32. The summed E-state index contributed by atoms with van der Waals surface area (Å²) in [5, 5.41) is 114. The number of aliphatic carboxylic acids is 2. The summed E-state index contributed by atoms with van der Waals surface area (Å²) in [5.74, 6) is -9.50. The molecule has 8 aromatic rings. The number of azo groups is 2. The van der Waals surface area contributed by atoms with E-state index in [9.17, 15) is 86.0 Å². The van der Waals surface area contributed by atoms with Gasteiger partial charge in [0, 0.05) is 35.4 Å². The van der Waals surface area contributed by atoms with Crippen LogP contribution in [0.15, 0.2) is 127 Å². The molecular weight excluding hydrogens is 1320 g/mol. The first kappa shape index (κ1) is 69.6. The first-order valence-corrected chi connectivity index (χ1v) is 32.4. The van der Waals surface area contributed by atoms with E-state index in [-0.39, 0.29) is 149 Å². The number of aromatic nitrogens is 6. The van der Waals surface area contributed by atoms with Crippen LogP contribution in [0.4, 0.5) is 69.8 Å². The summed E-state index contributed by atoms with van der Waals surface area (Å²) in [6, 6.07) is 17.6. The number of aliphatic hydroxyl groups is 2. The zero-order valence-corrected chi connectivity index (χ0v) is 51.4. The van der Waals surface area contributed by atoms with Crippen molar-refractivity contribution in [2.24, 2.45) is 20.5 Å². The number of ether oxygens (including phenoxy) is 2. The van der Waals surface area contributed by atoms with E-state index in [0.29, 0.717) is 0 Å². The first-order valence-electron chi connectivity index (χ1n) is 27.1. The Morgan fingerprint density at radius 1 is 0.500 bits per heavy atom. The number of carboxylic acids is 4. The molecule has 8 rings (SSSR count). The molecule has 494 valence electrons. The van der Waals surface area contributed by atoms with Gasteiger partial charge in [-0.15, -0.1) is 20.5 Å². The molecule has 0 aliphatic carbocycles. The molecule has 0 bridgehead atoms. The van der Waals surface area contributed by atoms with Crippen molar-refractivity contribution in [2.45, 2.75) is 21.9 Å². The van der Waals surface area contributed by atoms with E-state index >= 15 is 0 Å². The molecule has 2 unspecified atom stereocenters. The van der Waals surface area contributed by atoms with E-state index in [1.807, 2.05) is 0 Å². The zero-order valence-electron chi connectivity index (χ0n) is 48.1. The number of benzene rings is 6. The Balaban J connectivity index is 1.04. The number of nitrogens with zero attached hydrogens (tertiary/aromatic N) is 10. The van der Waals surface area contributed by atoms with Gasteiger partial charge in [0.15, 0.2) is 11.5 Å². The summed E-state index contributed by atoms with van der Waals surface area (Å²) in [6.45, 7) is -0.490. The van der Waals surface area contributed by atoms with Gasteiger partial charge < -0.3 is 82.2 Å². The summed E-state index contributed by atoms with van der Waals surface area (Å²) >= 11 is 0. The van der Waals surface area contributed by atoms with E-state index in [1.165, 1.54) is 78.9 Å². The molecule has 94 heavy (non-hydrogen) atoms.